The van der Waals surface area contributed by atoms with E-state index in [1.54, 1.807) is 0 Å². The standard InChI is InChI=1S/C15H19N3S/c1-10-7-12-13(9-17-10)14(16)4-5-15(12)18-8-11-3-2-6-19-11/h4-5,7,9,11,18H,2-3,6,8,16H2,1H3. The van der Waals surface area contributed by atoms with Crippen molar-refractivity contribution in [1.82, 2.24) is 4.98 Å². The van der Waals surface area contributed by atoms with Crippen LogP contribution in [-0.2, 0) is 0 Å². The van der Waals surface area contributed by atoms with E-state index in [-0.39, 0.29) is 0 Å². The fraction of sp³-hybridized carbons (Fsp3) is 0.400. The van der Waals surface area contributed by atoms with Gasteiger partial charge >= 0.3 is 0 Å². The maximum Gasteiger partial charge on any atom is 0.0423 e. The number of rotatable bonds is 3. The minimum absolute atomic E-state index is 0.746. The van der Waals surface area contributed by atoms with E-state index < -0.39 is 0 Å². The highest BCUT2D eigenvalue weighted by Gasteiger charge is 2.15. The van der Waals surface area contributed by atoms with Gasteiger partial charge in [-0.05, 0) is 43.7 Å². The first-order valence-electron chi connectivity index (χ1n) is 6.74. The molecule has 2 aromatic rings. The van der Waals surface area contributed by atoms with Crippen molar-refractivity contribution in [2.24, 2.45) is 0 Å². The summed E-state index contributed by atoms with van der Waals surface area (Å²) in [6.07, 6.45) is 4.54. The molecule has 0 saturated carbocycles. The molecule has 1 aromatic carbocycles. The number of benzene rings is 1. The van der Waals surface area contributed by atoms with Crippen LogP contribution >= 0.6 is 11.8 Å². The number of aromatic nitrogens is 1. The van der Waals surface area contributed by atoms with Gasteiger partial charge in [0.2, 0.25) is 0 Å². The number of thioether (sulfide) groups is 1. The number of anilines is 2. The summed E-state index contributed by atoms with van der Waals surface area (Å²) in [6.45, 7) is 3.05. The van der Waals surface area contributed by atoms with Crippen molar-refractivity contribution >= 4 is 33.9 Å². The Labute approximate surface area is 118 Å². The molecule has 19 heavy (non-hydrogen) atoms. The highest BCUT2D eigenvalue weighted by atomic mass is 32.2. The molecule has 1 fully saturated rings. The quantitative estimate of drug-likeness (QED) is 0.841. The fourth-order valence-electron chi connectivity index (χ4n) is 2.55. The zero-order valence-corrected chi connectivity index (χ0v) is 12.0. The number of hydrogen-bond donors (Lipinski definition) is 2. The molecule has 4 heteroatoms. The summed E-state index contributed by atoms with van der Waals surface area (Å²) >= 11 is 2.07. The van der Waals surface area contributed by atoms with Gasteiger partial charge in [0.05, 0.1) is 0 Å². The van der Waals surface area contributed by atoms with E-state index >= 15 is 0 Å². The van der Waals surface area contributed by atoms with Gasteiger partial charge in [0.15, 0.2) is 0 Å². The topological polar surface area (TPSA) is 50.9 Å². The average molecular weight is 273 g/mol. The molecule has 3 N–H and O–H groups in total. The minimum atomic E-state index is 0.746. The Hall–Kier alpha value is -1.42. The Morgan fingerprint density at radius 1 is 1.42 bits per heavy atom. The number of pyridine rings is 1. The molecule has 3 nitrogen and oxygen atoms in total. The van der Waals surface area contributed by atoms with Crippen LogP contribution in [0.2, 0.25) is 0 Å². The highest BCUT2D eigenvalue weighted by molar-refractivity contribution is 8.00. The normalized spacial score (nSPS) is 18.9. The number of nitrogens with zero attached hydrogens (tertiary/aromatic N) is 1. The largest absolute Gasteiger partial charge is 0.398 e. The fourth-order valence-corrected chi connectivity index (χ4v) is 3.75. The summed E-state index contributed by atoms with van der Waals surface area (Å²) < 4.78 is 0. The molecule has 1 aliphatic rings. The number of aryl methyl sites for hydroxylation is 1. The molecule has 0 spiro atoms. The molecule has 0 radical (unpaired) electrons. The third kappa shape index (κ3) is 2.63. The van der Waals surface area contributed by atoms with E-state index in [1.807, 2.05) is 19.2 Å². The van der Waals surface area contributed by atoms with Crippen LogP contribution in [0.5, 0.6) is 0 Å². The van der Waals surface area contributed by atoms with E-state index in [1.165, 1.54) is 29.7 Å². The number of nitrogens with two attached hydrogens (primary N) is 1. The summed E-state index contributed by atoms with van der Waals surface area (Å²) in [7, 11) is 0. The van der Waals surface area contributed by atoms with Gasteiger partial charge < -0.3 is 11.1 Å². The second-order valence-electron chi connectivity index (χ2n) is 5.09. The molecule has 1 aromatic heterocycles. The molecular formula is C15H19N3S. The lowest BCUT2D eigenvalue weighted by molar-refractivity contribution is 0.806. The summed E-state index contributed by atoms with van der Waals surface area (Å²) in [5, 5.41) is 6.54. The molecule has 1 saturated heterocycles. The van der Waals surface area contributed by atoms with Crippen molar-refractivity contribution in [3.63, 3.8) is 0 Å². The maximum absolute atomic E-state index is 6.02. The Kier molecular flexibility index (Phi) is 3.51. The lowest BCUT2D eigenvalue weighted by atomic mass is 10.1. The first kappa shape index (κ1) is 12.6. The lowest BCUT2D eigenvalue weighted by Gasteiger charge is -2.14. The Balaban J connectivity index is 1.89. The Bertz CT molecular complexity index is 591. The van der Waals surface area contributed by atoms with E-state index in [9.17, 15) is 0 Å². The van der Waals surface area contributed by atoms with Gasteiger partial charge in [0, 0.05) is 45.8 Å². The molecule has 1 unspecified atom stereocenters. The zero-order chi connectivity index (χ0) is 13.2. The summed E-state index contributed by atoms with van der Waals surface area (Å²) in [4.78, 5) is 4.33. The van der Waals surface area contributed by atoms with Crippen molar-refractivity contribution in [3.8, 4) is 0 Å². The van der Waals surface area contributed by atoms with Crippen molar-refractivity contribution in [3.05, 3.63) is 30.1 Å². The predicted octanol–water partition coefficient (Wildman–Crippen LogP) is 3.43. The number of nitrogen functional groups attached to an aromatic ring is 1. The van der Waals surface area contributed by atoms with Crippen LogP contribution in [0.1, 0.15) is 18.5 Å². The van der Waals surface area contributed by atoms with E-state index in [0.717, 1.165) is 28.6 Å². The highest BCUT2D eigenvalue weighted by Crippen LogP contribution is 2.30. The predicted molar refractivity (Wildman–Crippen MR) is 84.9 cm³/mol. The first-order chi connectivity index (χ1) is 9.24. The molecule has 1 atom stereocenters. The second-order valence-corrected chi connectivity index (χ2v) is 6.50. The Morgan fingerprint density at radius 2 is 2.32 bits per heavy atom. The van der Waals surface area contributed by atoms with Gasteiger partial charge in [0.1, 0.15) is 0 Å². The molecule has 2 heterocycles. The number of hydrogen-bond acceptors (Lipinski definition) is 4. The van der Waals surface area contributed by atoms with Gasteiger partial charge in [-0.25, -0.2) is 0 Å². The van der Waals surface area contributed by atoms with Crippen molar-refractivity contribution in [1.29, 1.82) is 0 Å². The maximum atomic E-state index is 6.02. The van der Waals surface area contributed by atoms with Crippen molar-refractivity contribution in [2.45, 2.75) is 25.0 Å². The molecule has 1 aliphatic heterocycles. The molecule has 3 rings (SSSR count). The third-order valence-electron chi connectivity index (χ3n) is 3.62. The van der Waals surface area contributed by atoms with Gasteiger partial charge in [-0.1, -0.05) is 0 Å². The summed E-state index contributed by atoms with van der Waals surface area (Å²) in [5.41, 5.74) is 9.01. The SMILES string of the molecule is Cc1cc2c(NCC3CCCS3)ccc(N)c2cn1. The molecule has 0 aliphatic carbocycles. The number of fused-ring (bicyclic) bond motifs is 1. The molecule has 0 bridgehead atoms. The second kappa shape index (κ2) is 5.29. The third-order valence-corrected chi connectivity index (χ3v) is 5.01. The van der Waals surface area contributed by atoms with E-state index in [4.69, 9.17) is 5.73 Å². The first-order valence-corrected chi connectivity index (χ1v) is 7.79. The summed E-state index contributed by atoms with van der Waals surface area (Å²) in [6, 6.07) is 6.15. The van der Waals surface area contributed by atoms with Crippen LogP contribution in [0.3, 0.4) is 0 Å². The Morgan fingerprint density at radius 3 is 3.11 bits per heavy atom. The lowest BCUT2D eigenvalue weighted by Crippen LogP contribution is -2.13. The molecular weight excluding hydrogens is 254 g/mol. The molecule has 0 amide bonds. The van der Waals surface area contributed by atoms with Gasteiger partial charge in [-0.15, -0.1) is 0 Å². The van der Waals surface area contributed by atoms with Crippen LogP contribution in [0, 0.1) is 6.92 Å². The van der Waals surface area contributed by atoms with E-state index in [0.29, 0.717) is 0 Å². The van der Waals surface area contributed by atoms with Crippen LogP contribution in [-0.4, -0.2) is 22.5 Å². The van der Waals surface area contributed by atoms with Crippen molar-refractivity contribution in [2.75, 3.05) is 23.3 Å². The monoisotopic (exact) mass is 273 g/mol. The van der Waals surface area contributed by atoms with Crippen LogP contribution < -0.4 is 11.1 Å². The van der Waals surface area contributed by atoms with Gasteiger partial charge in [0.25, 0.3) is 0 Å². The van der Waals surface area contributed by atoms with Gasteiger partial charge in [-0.3, -0.25) is 4.98 Å². The van der Waals surface area contributed by atoms with Gasteiger partial charge in [-0.2, -0.15) is 11.8 Å². The van der Waals surface area contributed by atoms with E-state index in [2.05, 4.69) is 34.2 Å². The van der Waals surface area contributed by atoms with Crippen LogP contribution in [0.4, 0.5) is 11.4 Å². The average Bonchev–Trinajstić information content (AvgIpc) is 2.91. The van der Waals surface area contributed by atoms with Crippen LogP contribution in [0.25, 0.3) is 10.8 Å². The minimum Gasteiger partial charge on any atom is -0.398 e. The summed E-state index contributed by atoms with van der Waals surface area (Å²) in [5.74, 6) is 1.30. The zero-order valence-electron chi connectivity index (χ0n) is 11.1. The number of nitrogens with one attached hydrogen (secondary N) is 1. The molecule has 100 valence electrons. The smallest absolute Gasteiger partial charge is 0.0423 e. The van der Waals surface area contributed by atoms with Crippen LogP contribution in [0.15, 0.2) is 24.4 Å². The van der Waals surface area contributed by atoms with Crippen molar-refractivity contribution < 1.29 is 0 Å².